The van der Waals surface area contributed by atoms with Crippen molar-refractivity contribution in [2.45, 2.75) is 26.0 Å². The fourth-order valence-electron chi connectivity index (χ4n) is 1.24. The minimum absolute atomic E-state index is 0.0728. The van der Waals surface area contributed by atoms with Gasteiger partial charge in [0, 0.05) is 13.6 Å². The number of aliphatic hydroxyl groups is 1. The lowest BCUT2D eigenvalue weighted by molar-refractivity contribution is -0.131. The average Bonchev–Trinajstić information content (AvgIpc) is 2.74. The minimum atomic E-state index is -1.18. The van der Waals surface area contributed by atoms with Gasteiger partial charge in [-0.2, -0.15) is 0 Å². The molecule has 2 N–H and O–H groups in total. The molecule has 1 aromatic heterocycles. The van der Waals surface area contributed by atoms with Crippen LogP contribution in [0.2, 0.25) is 0 Å². The van der Waals surface area contributed by atoms with E-state index in [1.54, 1.807) is 14.0 Å². The Balaban J connectivity index is 2.50. The number of carboxylic acid groups (broad SMARTS) is 1. The molecule has 0 radical (unpaired) electrons. The highest BCUT2D eigenvalue weighted by Gasteiger charge is 2.13. The first-order valence-electron chi connectivity index (χ1n) is 5.45. The summed E-state index contributed by atoms with van der Waals surface area (Å²) in [5.74, 6) is -1.41. The smallest absolute Gasteiger partial charge is 0.358 e. The number of rotatable bonds is 6. The van der Waals surface area contributed by atoms with Gasteiger partial charge in [-0.05, 0) is 13.3 Å². The monoisotopic (exact) mass is 256 g/mol. The summed E-state index contributed by atoms with van der Waals surface area (Å²) in [5.41, 5.74) is -0.200. The maximum atomic E-state index is 11.7. The van der Waals surface area contributed by atoms with Crippen LogP contribution in [0, 0.1) is 0 Å². The van der Waals surface area contributed by atoms with Crippen LogP contribution < -0.4 is 0 Å². The van der Waals surface area contributed by atoms with Crippen molar-refractivity contribution in [3.05, 3.63) is 11.9 Å². The van der Waals surface area contributed by atoms with E-state index in [9.17, 15) is 9.59 Å². The lowest BCUT2D eigenvalue weighted by atomic mass is 10.3. The van der Waals surface area contributed by atoms with Crippen molar-refractivity contribution >= 4 is 11.9 Å². The Kier molecular flexibility index (Phi) is 4.78. The predicted molar refractivity (Wildman–Crippen MR) is 60.9 cm³/mol. The molecule has 1 unspecified atom stereocenters. The lowest BCUT2D eigenvalue weighted by Crippen LogP contribution is -2.32. The summed E-state index contributed by atoms with van der Waals surface area (Å²) in [6, 6.07) is 0. The first kappa shape index (κ1) is 14.1. The third-order valence-electron chi connectivity index (χ3n) is 2.36. The Labute approximate surface area is 104 Å². The highest BCUT2D eigenvalue weighted by atomic mass is 16.4. The van der Waals surface area contributed by atoms with Crippen molar-refractivity contribution in [2.75, 3.05) is 13.6 Å². The quantitative estimate of drug-likeness (QED) is 0.690. The highest BCUT2D eigenvalue weighted by Crippen LogP contribution is 1.97. The third kappa shape index (κ3) is 4.13. The number of hydrogen-bond acceptors (Lipinski definition) is 5. The van der Waals surface area contributed by atoms with Gasteiger partial charge in [0.05, 0.1) is 12.3 Å². The van der Waals surface area contributed by atoms with Gasteiger partial charge < -0.3 is 15.1 Å². The van der Waals surface area contributed by atoms with Crippen LogP contribution >= 0.6 is 0 Å². The largest absolute Gasteiger partial charge is 0.476 e. The molecule has 0 aliphatic carbocycles. The number of nitrogens with zero attached hydrogens (tertiary/aromatic N) is 4. The van der Waals surface area contributed by atoms with Gasteiger partial charge in [-0.1, -0.05) is 5.21 Å². The second-order valence-electron chi connectivity index (χ2n) is 4.06. The molecule has 100 valence electrons. The molecule has 0 aliphatic heterocycles. The molecule has 1 atom stereocenters. The molecule has 1 heterocycles. The summed E-state index contributed by atoms with van der Waals surface area (Å²) < 4.78 is 1.17. The van der Waals surface area contributed by atoms with Gasteiger partial charge in [0.2, 0.25) is 5.91 Å². The molecule has 0 fully saturated rings. The molecule has 1 amide bonds. The zero-order chi connectivity index (χ0) is 13.7. The van der Waals surface area contributed by atoms with Gasteiger partial charge in [-0.25, -0.2) is 9.48 Å². The summed E-state index contributed by atoms with van der Waals surface area (Å²) >= 11 is 0. The third-order valence-corrected chi connectivity index (χ3v) is 2.36. The number of carboxylic acids is 1. The van der Waals surface area contributed by atoms with Gasteiger partial charge in [0.25, 0.3) is 0 Å². The number of carbonyl (C=O) groups excluding carboxylic acids is 1. The maximum Gasteiger partial charge on any atom is 0.358 e. The van der Waals surface area contributed by atoms with Crippen molar-refractivity contribution in [1.29, 1.82) is 0 Å². The van der Waals surface area contributed by atoms with E-state index in [1.807, 2.05) is 0 Å². The summed E-state index contributed by atoms with van der Waals surface area (Å²) in [7, 11) is 1.61. The molecule has 1 rings (SSSR count). The maximum absolute atomic E-state index is 11.7. The van der Waals surface area contributed by atoms with Crippen LogP contribution in [0.4, 0.5) is 0 Å². The van der Waals surface area contributed by atoms with Crippen LogP contribution in [0.15, 0.2) is 6.20 Å². The van der Waals surface area contributed by atoms with Gasteiger partial charge in [0.15, 0.2) is 5.69 Å². The standard InChI is InChI=1S/C10H16N4O4/c1-7(15)3-4-13(2)9(16)6-14-5-8(10(17)18)11-12-14/h5,7,15H,3-4,6H2,1-2H3,(H,17,18). The van der Waals surface area contributed by atoms with Gasteiger partial charge >= 0.3 is 5.97 Å². The molecule has 18 heavy (non-hydrogen) atoms. The molecule has 0 spiro atoms. The normalized spacial score (nSPS) is 12.2. The Bertz CT molecular complexity index is 429. The van der Waals surface area contributed by atoms with Gasteiger partial charge in [-0.3, -0.25) is 4.79 Å². The van der Waals surface area contributed by atoms with Crippen molar-refractivity contribution in [3.8, 4) is 0 Å². The van der Waals surface area contributed by atoms with Crippen LogP contribution in [-0.2, 0) is 11.3 Å². The van der Waals surface area contributed by atoms with E-state index in [0.29, 0.717) is 13.0 Å². The van der Waals surface area contributed by atoms with Crippen LogP contribution in [-0.4, -0.2) is 61.7 Å². The SMILES string of the molecule is CC(O)CCN(C)C(=O)Cn1cc(C(=O)O)nn1. The number of likely N-dealkylation sites (N-methyl/N-ethyl adjacent to an activating group) is 1. The molecule has 0 bridgehead atoms. The highest BCUT2D eigenvalue weighted by molar-refractivity contribution is 5.84. The number of aliphatic hydroxyl groups excluding tert-OH is 1. The lowest BCUT2D eigenvalue weighted by Gasteiger charge is -2.17. The van der Waals surface area contributed by atoms with Gasteiger partial charge in [-0.15, -0.1) is 5.10 Å². The number of hydrogen-bond donors (Lipinski definition) is 2. The van der Waals surface area contributed by atoms with Crippen LogP contribution in [0.3, 0.4) is 0 Å². The second-order valence-corrected chi connectivity index (χ2v) is 4.06. The number of aromatic carboxylic acids is 1. The first-order chi connectivity index (χ1) is 8.40. The fraction of sp³-hybridized carbons (Fsp3) is 0.600. The van der Waals surface area contributed by atoms with E-state index in [-0.39, 0.29) is 18.1 Å². The molecular weight excluding hydrogens is 240 g/mol. The van der Waals surface area contributed by atoms with Crippen LogP contribution in [0.1, 0.15) is 23.8 Å². The summed E-state index contributed by atoms with van der Waals surface area (Å²) in [5, 5.41) is 24.7. The zero-order valence-corrected chi connectivity index (χ0v) is 10.3. The minimum Gasteiger partial charge on any atom is -0.476 e. The predicted octanol–water partition coefficient (Wildman–Crippen LogP) is -0.794. The van der Waals surface area contributed by atoms with E-state index < -0.39 is 12.1 Å². The van der Waals surface area contributed by atoms with Crippen molar-refractivity contribution in [3.63, 3.8) is 0 Å². The molecule has 8 nitrogen and oxygen atoms in total. The first-order valence-corrected chi connectivity index (χ1v) is 5.45. The second kappa shape index (κ2) is 6.10. The molecule has 0 aromatic carbocycles. The molecule has 1 aromatic rings. The Hall–Kier alpha value is -1.96. The number of amides is 1. The molecule has 0 saturated carbocycles. The van der Waals surface area contributed by atoms with E-state index in [2.05, 4.69) is 10.3 Å². The van der Waals surface area contributed by atoms with E-state index in [1.165, 1.54) is 15.8 Å². The van der Waals surface area contributed by atoms with Crippen LogP contribution in [0.5, 0.6) is 0 Å². The number of aromatic nitrogens is 3. The Morgan fingerprint density at radius 2 is 2.22 bits per heavy atom. The molecular formula is C10H16N4O4. The Morgan fingerprint density at radius 3 is 2.72 bits per heavy atom. The van der Waals surface area contributed by atoms with Crippen molar-refractivity contribution in [2.24, 2.45) is 0 Å². The van der Waals surface area contributed by atoms with Crippen molar-refractivity contribution in [1.82, 2.24) is 19.9 Å². The number of carbonyl (C=O) groups is 2. The topological polar surface area (TPSA) is 109 Å². The summed E-state index contributed by atoms with van der Waals surface area (Å²) in [6.45, 7) is 2.00. The average molecular weight is 256 g/mol. The fourth-order valence-corrected chi connectivity index (χ4v) is 1.24. The van der Waals surface area contributed by atoms with Gasteiger partial charge in [0.1, 0.15) is 6.54 Å². The van der Waals surface area contributed by atoms with E-state index in [4.69, 9.17) is 10.2 Å². The zero-order valence-electron chi connectivity index (χ0n) is 10.3. The molecule has 0 aliphatic rings. The molecule has 0 saturated heterocycles. The molecule has 8 heteroatoms. The van der Waals surface area contributed by atoms with Crippen LogP contribution in [0.25, 0.3) is 0 Å². The van der Waals surface area contributed by atoms with Crippen molar-refractivity contribution < 1.29 is 19.8 Å². The van der Waals surface area contributed by atoms with E-state index >= 15 is 0 Å². The summed E-state index contributed by atoms with van der Waals surface area (Å²) in [4.78, 5) is 23.7. The Morgan fingerprint density at radius 1 is 1.56 bits per heavy atom. The summed E-state index contributed by atoms with van der Waals surface area (Å²) in [6.07, 6.45) is 1.22. The van der Waals surface area contributed by atoms with E-state index in [0.717, 1.165) is 0 Å².